The Hall–Kier alpha value is -8.40. The van der Waals surface area contributed by atoms with Crippen LogP contribution in [-0.2, 0) is 6.54 Å². The van der Waals surface area contributed by atoms with E-state index in [9.17, 15) is 0 Å². The molecule has 64 heavy (non-hydrogen) atoms. The minimum Gasteiger partial charge on any atom is -0.456 e. The molecule has 0 bridgehead atoms. The molecule has 3 nitrogen and oxygen atoms in total. The number of aromatic nitrogens is 2. The summed E-state index contributed by atoms with van der Waals surface area (Å²) in [6, 6.07) is 83.7. The average Bonchev–Trinajstić information content (AvgIpc) is 4.01. The van der Waals surface area contributed by atoms with Gasteiger partial charge in [0, 0.05) is 55.6 Å². The lowest BCUT2D eigenvalue weighted by Gasteiger charge is -2.10. The highest BCUT2D eigenvalue weighted by Crippen LogP contribution is 2.39. The molecule has 3 heterocycles. The Labute approximate surface area is 370 Å². The summed E-state index contributed by atoms with van der Waals surface area (Å²) in [6.07, 6.45) is 0. The van der Waals surface area contributed by atoms with Crippen LogP contribution in [0.4, 0.5) is 0 Å². The molecular formula is C61H40N2O. The zero-order chi connectivity index (χ0) is 42.1. The van der Waals surface area contributed by atoms with Gasteiger partial charge in [-0.05, 0) is 129 Å². The maximum absolute atomic E-state index is 6.49. The number of nitrogens with zero attached hydrogens (tertiary/aromatic N) is 2. The number of para-hydroxylation sites is 3. The first-order chi connectivity index (χ1) is 31.7. The van der Waals surface area contributed by atoms with Gasteiger partial charge in [0.15, 0.2) is 0 Å². The van der Waals surface area contributed by atoms with Gasteiger partial charge < -0.3 is 13.6 Å². The largest absolute Gasteiger partial charge is 0.456 e. The van der Waals surface area contributed by atoms with E-state index < -0.39 is 0 Å². The molecule has 0 saturated heterocycles. The maximum Gasteiger partial charge on any atom is 0.135 e. The van der Waals surface area contributed by atoms with Crippen LogP contribution in [0.1, 0.15) is 5.56 Å². The molecule has 3 heteroatoms. The van der Waals surface area contributed by atoms with E-state index in [4.69, 9.17) is 4.42 Å². The Morgan fingerprint density at radius 1 is 0.281 bits per heavy atom. The van der Waals surface area contributed by atoms with Crippen molar-refractivity contribution in [2.45, 2.75) is 6.54 Å². The van der Waals surface area contributed by atoms with E-state index in [0.717, 1.165) is 39.7 Å². The second kappa shape index (κ2) is 14.6. The molecule has 0 amide bonds. The summed E-state index contributed by atoms with van der Waals surface area (Å²) >= 11 is 0. The van der Waals surface area contributed by atoms with Gasteiger partial charge in [-0.2, -0.15) is 0 Å². The monoisotopic (exact) mass is 816 g/mol. The molecular weight excluding hydrogens is 777 g/mol. The molecule has 0 unspecified atom stereocenters. The fourth-order valence-corrected chi connectivity index (χ4v) is 10.1. The van der Waals surface area contributed by atoms with Crippen LogP contribution in [0.15, 0.2) is 235 Å². The van der Waals surface area contributed by atoms with E-state index in [0.29, 0.717) is 0 Å². The van der Waals surface area contributed by atoms with Gasteiger partial charge in [0.25, 0.3) is 0 Å². The summed E-state index contributed by atoms with van der Waals surface area (Å²) in [4.78, 5) is 0. The molecule has 0 N–H and O–H groups in total. The molecule has 0 radical (unpaired) electrons. The molecule has 0 spiro atoms. The number of fused-ring (bicyclic) bond motifs is 9. The van der Waals surface area contributed by atoms with Crippen molar-refractivity contribution in [3.05, 3.63) is 236 Å². The third kappa shape index (κ3) is 5.97. The summed E-state index contributed by atoms with van der Waals surface area (Å²) in [5, 5.41) is 7.29. The molecule has 0 saturated carbocycles. The number of hydrogen-bond acceptors (Lipinski definition) is 1. The van der Waals surface area contributed by atoms with Crippen LogP contribution in [0.3, 0.4) is 0 Å². The third-order valence-corrected chi connectivity index (χ3v) is 13.2. The highest BCUT2D eigenvalue weighted by atomic mass is 16.3. The SMILES string of the molecule is c1ccc(-c2cccc(-c3cccc(-c4cccc(-c5ccc6oc7ccc(-n8c9ccccc9c9cc(Cn%10c%11ccccc%11c%11ccccc%11%10)ccc98)cc7c6c5)c4)c3)c2)cc1. The van der Waals surface area contributed by atoms with E-state index >= 15 is 0 Å². The fourth-order valence-electron chi connectivity index (χ4n) is 10.1. The van der Waals surface area contributed by atoms with E-state index in [-0.39, 0.29) is 0 Å². The molecule has 13 aromatic rings. The minimum absolute atomic E-state index is 0.789. The van der Waals surface area contributed by atoms with Gasteiger partial charge in [-0.1, -0.05) is 152 Å². The topological polar surface area (TPSA) is 23.0 Å². The summed E-state index contributed by atoms with van der Waals surface area (Å²) in [6.45, 7) is 0.789. The van der Waals surface area contributed by atoms with Crippen LogP contribution in [0.2, 0.25) is 0 Å². The smallest absolute Gasteiger partial charge is 0.135 e. The lowest BCUT2D eigenvalue weighted by Crippen LogP contribution is -1.99. The van der Waals surface area contributed by atoms with E-state index in [2.05, 4.69) is 240 Å². The highest BCUT2D eigenvalue weighted by Gasteiger charge is 2.17. The van der Waals surface area contributed by atoms with Gasteiger partial charge >= 0.3 is 0 Å². The number of rotatable bonds is 7. The summed E-state index contributed by atoms with van der Waals surface area (Å²) in [7, 11) is 0. The van der Waals surface area contributed by atoms with Gasteiger partial charge in [0.2, 0.25) is 0 Å². The Kier molecular flexibility index (Phi) is 8.28. The van der Waals surface area contributed by atoms with Gasteiger partial charge in [0.05, 0.1) is 11.0 Å². The minimum atomic E-state index is 0.789. The van der Waals surface area contributed by atoms with Crippen LogP contribution in [0.5, 0.6) is 0 Å². The predicted octanol–water partition coefficient (Wildman–Crippen LogP) is 16.5. The maximum atomic E-state index is 6.49. The zero-order valence-corrected chi connectivity index (χ0v) is 34.9. The van der Waals surface area contributed by atoms with Crippen LogP contribution in [-0.4, -0.2) is 9.13 Å². The van der Waals surface area contributed by atoms with Crippen molar-refractivity contribution in [2.75, 3.05) is 0 Å². The van der Waals surface area contributed by atoms with Crippen molar-refractivity contribution < 1.29 is 4.42 Å². The van der Waals surface area contributed by atoms with Crippen molar-refractivity contribution in [3.8, 4) is 50.2 Å². The molecule has 0 atom stereocenters. The Bertz CT molecular complexity index is 3880. The molecule has 0 fully saturated rings. The Balaban J connectivity index is 0.863. The quantitative estimate of drug-likeness (QED) is 0.157. The fraction of sp³-hybridized carbons (Fsp3) is 0.0164. The molecule has 0 aliphatic carbocycles. The van der Waals surface area contributed by atoms with Gasteiger partial charge in [-0.25, -0.2) is 0 Å². The Morgan fingerprint density at radius 3 is 1.34 bits per heavy atom. The molecule has 3 aromatic heterocycles. The molecule has 300 valence electrons. The van der Waals surface area contributed by atoms with Crippen molar-refractivity contribution in [3.63, 3.8) is 0 Å². The third-order valence-electron chi connectivity index (χ3n) is 13.2. The summed E-state index contributed by atoms with van der Waals surface area (Å²) in [5.74, 6) is 0. The molecule has 0 aliphatic heterocycles. The number of hydrogen-bond donors (Lipinski definition) is 0. The summed E-state index contributed by atoms with van der Waals surface area (Å²) < 4.78 is 11.4. The van der Waals surface area contributed by atoms with Crippen molar-refractivity contribution in [2.24, 2.45) is 0 Å². The van der Waals surface area contributed by atoms with Crippen LogP contribution < -0.4 is 0 Å². The van der Waals surface area contributed by atoms with E-state index in [1.807, 2.05) is 0 Å². The zero-order valence-electron chi connectivity index (χ0n) is 34.9. The number of furan rings is 1. The average molecular weight is 817 g/mol. The van der Waals surface area contributed by atoms with Crippen LogP contribution >= 0.6 is 0 Å². The molecule has 13 rings (SSSR count). The van der Waals surface area contributed by atoms with Crippen molar-refractivity contribution in [1.82, 2.24) is 9.13 Å². The lowest BCUT2D eigenvalue weighted by molar-refractivity contribution is 0.669. The second-order valence-electron chi connectivity index (χ2n) is 16.9. The predicted molar refractivity (Wildman–Crippen MR) is 268 cm³/mol. The van der Waals surface area contributed by atoms with Gasteiger partial charge in [0.1, 0.15) is 11.2 Å². The molecule has 10 aromatic carbocycles. The van der Waals surface area contributed by atoms with Crippen LogP contribution in [0.25, 0.3) is 116 Å². The standard InChI is InChI=1S/C61H40N2O/c1-2-13-41(14-3-1)42-15-10-16-43(34-42)44-17-11-18-45(35-44)46-19-12-20-47(36-46)48-28-31-60-54(37-48)55-38-49(29-32-61(55)64-60)63-58-26-9-6-23-52(58)53-33-40(27-30-59(53)63)39-62-56-24-7-4-21-50(56)51-22-5-8-25-57(51)62/h1-38H,39H2. The highest BCUT2D eigenvalue weighted by molar-refractivity contribution is 6.12. The first-order valence-corrected chi connectivity index (χ1v) is 22.0. The van der Waals surface area contributed by atoms with Crippen LogP contribution in [0, 0.1) is 0 Å². The van der Waals surface area contributed by atoms with Crippen molar-refractivity contribution in [1.29, 1.82) is 0 Å². The van der Waals surface area contributed by atoms with Gasteiger partial charge in [-0.15, -0.1) is 0 Å². The van der Waals surface area contributed by atoms with Crippen molar-refractivity contribution >= 4 is 65.6 Å². The summed E-state index contributed by atoms with van der Waals surface area (Å²) in [5.41, 5.74) is 18.6. The first kappa shape index (κ1) is 36.3. The van der Waals surface area contributed by atoms with E-state index in [1.54, 1.807) is 0 Å². The second-order valence-corrected chi connectivity index (χ2v) is 16.9. The number of benzene rings is 10. The van der Waals surface area contributed by atoms with E-state index in [1.165, 1.54) is 88.1 Å². The normalized spacial score (nSPS) is 11.8. The van der Waals surface area contributed by atoms with Gasteiger partial charge in [-0.3, -0.25) is 0 Å². The molecule has 0 aliphatic rings. The first-order valence-electron chi connectivity index (χ1n) is 22.0. The lowest BCUT2D eigenvalue weighted by atomic mass is 9.94. The Morgan fingerprint density at radius 2 is 0.734 bits per heavy atom.